The number of aromatic nitrogens is 1. The number of rotatable bonds is 3. The summed E-state index contributed by atoms with van der Waals surface area (Å²) in [6.07, 6.45) is 0. The van der Waals surface area contributed by atoms with Gasteiger partial charge in [0.1, 0.15) is 5.76 Å². The molecule has 2 aromatic rings. The van der Waals surface area contributed by atoms with Crippen LogP contribution >= 0.6 is 0 Å². The summed E-state index contributed by atoms with van der Waals surface area (Å²) in [4.78, 5) is 12.3. The van der Waals surface area contributed by atoms with E-state index in [4.69, 9.17) is 10.3 Å². The number of nitrogens with zero attached hydrogens (tertiary/aromatic N) is 1. The minimum absolute atomic E-state index is 0.159. The monoisotopic (exact) mass is 273 g/mol. The van der Waals surface area contributed by atoms with Crippen LogP contribution in [0.2, 0.25) is 0 Å². The van der Waals surface area contributed by atoms with Crippen molar-refractivity contribution in [2.75, 3.05) is 5.73 Å². The lowest BCUT2D eigenvalue weighted by Crippen LogP contribution is -2.27. The molecule has 1 aromatic carbocycles. The van der Waals surface area contributed by atoms with Gasteiger partial charge in [0, 0.05) is 16.8 Å². The van der Waals surface area contributed by atoms with Gasteiger partial charge in [-0.25, -0.2) is 0 Å². The molecule has 0 bridgehead atoms. The van der Waals surface area contributed by atoms with Gasteiger partial charge in [-0.2, -0.15) is 0 Å². The Hall–Kier alpha value is -2.30. The van der Waals surface area contributed by atoms with Crippen molar-refractivity contribution in [3.05, 3.63) is 46.3 Å². The van der Waals surface area contributed by atoms with Gasteiger partial charge in [0.05, 0.1) is 11.7 Å². The van der Waals surface area contributed by atoms with Crippen molar-refractivity contribution in [2.24, 2.45) is 0 Å². The number of aryl methyl sites for hydroxylation is 3. The second-order valence-electron chi connectivity index (χ2n) is 5.07. The fraction of sp³-hybridized carbons (Fsp3) is 0.333. The van der Waals surface area contributed by atoms with Crippen molar-refractivity contribution in [2.45, 2.75) is 33.7 Å². The molecule has 0 aliphatic carbocycles. The molecule has 0 spiro atoms. The van der Waals surface area contributed by atoms with Crippen LogP contribution in [-0.4, -0.2) is 11.1 Å². The molecule has 2 rings (SSSR count). The quantitative estimate of drug-likeness (QED) is 0.842. The molecule has 1 amide bonds. The zero-order valence-electron chi connectivity index (χ0n) is 12.2. The van der Waals surface area contributed by atoms with Gasteiger partial charge in [-0.3, -0.25) is 4.79 Å². The summed E-state index contributed by atoms with van der Waals surface area (Å²) < 4.78 is 5.12. The molecule has 0 saturated carbocycles. The lowest BCUT2D eigenvalue weighted by Gasteiger charge is -2.14. The van der Waals surface area contributed by atoms with Gasteiger partial charge < -0.3 is 15.6 Å². The number of carbonyl (C=O) groups is 1. The van der Waals surface area contributed by atoms with Crippen molar-refractivity contribution >= 4 is 11.6 Å². The van der Waals surface area contributed by atoms with Gasteiger partial charge in [-0.1, -0.05) is 5.16 Å². The van der Waals surface area contributed by atoms with Crippen LogP contribution in [0, 0.1) is 20.8 Å². The molecule has 1 aromatic heterocycles. The molecule has 1 heterocycles. The summed E-state index contributed by atoms with van der Waals surface area (Å²) in [5.41, 5.74) is 9.57. The van der Waals surface area contributed by atoms with E-state index in [0.717, 1.165) is 22.6 Å². The Labute approximate surface area is 118 Å². The Morgan fingerprint density at radius 3 is 2.55 bits per heavy atom. The number of nitrogens with one attached hydrogen (secondary N) is 1. The second-order valence-corrected chi connectivity index (χ2v) is 5.07. The third-order valence-electron chi connectivity index (χ3n) is 3.23. The normalized spacial score (nSPS) is 12.2. The third-order valence-corrected chi connectivity index (χ3v) is 3.23. The molecule has 0 radical (unpaired) electrons. The summed E-state index contributed by atoms with van der Waals surface area (Å²) in [5, 5.41) is 6.84. The molecular weight excluding hydrogens is 254 g/mol. The summed E-state index contributed by atoms with van der Waals surface area (Å²) in [5.74, 6) is 0.562. The molecule has 3 N–H and O–H groups in total. The fourth-order valence-electron chi connectivity index (χ4n) is 2.40. The molecule has 0 saturated heterocycles. The average Bonchev–Trinajstić information content (AvgIpc) is 2.67. The maximum Gasteiger partial charge on any atom is 0.251 e. The first-order valence-corrected chi connectivity index (χ1v) is 6.49. The number of nitrogen functional groups attached to an aromatic ring is 1. The molecular formula is C15H19N3O2. The summed E-state index contributed by atoms with van der Waals surface area (Å²) >= 11 is 0. The first-order valence-electron chi connectivity index (χ1n) is 6.49. The minimum Gasteiger partial charge on any atom is -0.399 e. The maximum absolute atomic E-state index is 12.3. The van der Waals surface area contributed by atoms with E-state index < -0.39 is 0 Å². The van der Waals surface area contributed by atoms with Gasteiger partial charge >= 0.3 is 0 Å². The van der Waals surface area contributed by atoms with Crippen LogP contribution in [0.1, 0.15) is 45.9 Å². The summed E-state index contributed by atoms with van der Waals surface area (Å²) in [6.45, 7) is 7.51. The molecule has 1 unspecified atom stereocenters. The highest BCUT2D eigenvalue weighted by molar-refractivity contribution is 5.95. The van der Waals surface area contributed by atoms with Crippen molar-refractivity contribution in [1.29, 1.82) is 0 Å². The molecule has 5 heteroatoms. The number of amides is 1. The van der Waals surface area contributed by atoms with E-state index in [-0.39, 0.29) is 11.9 Å². The van der Waals surface area contributed by atoms with Crippen LogP contribution < -0.4 is 11.1 Å². The van der Waals surface area contributed by atoms with Crippen LogP contribution in [0.25, 0.3) is 0 Å². The summed E-state index contributed by atoms with van der Waals surface area (Å²) in [6, 6.07) is 5.14. The van der Waals surface area contributed by atoms with E-state index in [0.29, 0.717) is 11.3 Å². The van der Waals surface area contributed by atoms with E-state index in [2.05, 4.69) is 10.5 Å². The lowest BCUT2D eigenvalue weighted by molar-refractivity contribution is 0.0939. The van der Waals surface area contributed by atoms with E-state index in [1.54, 1.807) is 6.07 Å². The predicted octanol–water partition coefficient (Wildman–Crippen LogP) is 2.67. The lowest BCUT2D eigenvalue weighted by atomic mass is 10.1. The van der Waals surface area contributed by atoms with E-state index in [1.165, 1.54) is 0 Å². The third kappa shape index (κ3) is 2.82. The Kier molecular flexibility index (Phi) is 3.79. The predicted molar refractivity (Wildman–Crippen MR) is 77.4 cm³/mol. The first-order chi connectivity index (χ1) is 9.38. The Morgan fingerprint density at radius 2 is 2.00 bits per heavy atom. The Balaban J connectivity index is 2.19. The number of hydrogen-bond acceptors (Lipinski definition) is 4. The minimum atomic E-state index is -0.171. The Bertz CT molecular complexity index is 607. The van der Waals surface area contributed by atoms with E-state index in [9.17, 15) is 4.79 Å². The number of anilines is 1. The maximum atomic E-state index is 12.3. The molecule has 1 atom stereocenters. The van der Waals surface area contributed by atoms with Crippen LogP contribution in [-0.2, 0) is 0 Å². The first kappa shape index (κ1) is 14.1. The molecule has 106 valence electrons. The standard InChI is InChI=1S/C15H19N3O2/c1-8-5-12(7-13(16)6-8)15(19)17-9(2)14-10(3)18-20-11(14)4/h5-7,9H,16H2,1-4H3,(H,17,19). The summed E-state index contributed by atoms with van der Waals surface area (Å²) in [7, 11) is 0. The van der Waals surface area contributed by atoms with Gasteiger partial charge in [0.15, 0.2) is 0 Å². The SMILES string of the molecule is Cc1cc(N)cc(C(=O)NC(C)c2c(C)noc2C)c1. The smallest absolute Gasteiger partial charge is 0.251 e. The van der Waals surface area contributed by atoms with Crippen molar-refractivity contribution in [3.8, 4) is 0 Å². The van der Waals surface area contributed by atoms with Crippen molar-refractivity contribution < 1.29 is 9.32 Å². The van der Waals surface area contributed by atoms with Gasteiger partial charge in [0.25, 0.3) is 5.91 Å². The molecule has 5 nitrogen and oxygen atoms in total. The molecule has 20 heavy (non-hydrogen) atoms. The largest absolute Gasteiger partial charge is 0.399 e. The average molecular weight is 273 g/mol. The second kappa shape index (κ2) is 5.36. The zero-order chi connectivity index (χ0) is 14.9. The highest BCUT2D eigenvalue weighted by Gasteiger charge is 2.19. The van der Waals surface area contributed by atoms with Crippen LogP contribution in [0.15, 0.2) is 22.7 Å². The van der Waals surface area contributed by atoms with Gasteiger partial charge in [-0.15, -0.1) is 0 Å². The van der Waals surface area contributed by atoms with Crippen LogP contribution in [0.4, 0.5) is 5.69 Å². The zero-order valence-corrected chi connectivity index (χ0v) is 12.2. The fourth-order valence-corrected chi connectivity index (χ4v) is 2.40. The van der Waals surface area contributed by atoms with Gasteiger partial charge in [0.2, 0.25) is 0 Å². The van der Waals surface area contributed by atoms with E-state index in [1.807, 2.05) is 39.8 Å². The number of carbonyl (C=O) groups excluding carboxylic acids is 1. The number of nitrogens with two attached hydrogens (primary N) is 1. The van der Waals surface area contributed by atoms with Crippen molar-refractivity contribution in [1.82, 2.24) is 10.5 Å². The molecule has 0 aliphatic rings. The van der Waals surface area contributed by atoms with Crippen LogP contribution in [0.5, 0.6) is 0 Å². The molecule has 0 fully saturated rings. The topological polar surface area (TPSA) is 81.2 Å². The number of benzene rings is 1. The molecule has 0 aliphatic heterocycles. The highest BCUT2D eigenvalue weighted by atomic mass is 16.5. The Morgan fingerprint density at radius 1 is 1.30 bits per heavy atom. The number of hydrogen-bond donors (Lipinski definition) is 2. The van der Waals surface area contributed by atoms with Gasteiger partial charge in [-0.05, 0) is 51.5 Å². The van der Waals surface area contributed by atoms with E-state index >= 15 is 0 Å². The highest BCUT2D eigenvalue weighted by Crippen LogP contribution is 2.21. The van der Waals surface area contributed by atoms with Crippen LogP contribution in [0.3, 0.4) is 0 Å². The van der Waals surface area contributed by atoms with Crippen molar-refractivity contribution in [3.63, 3.8) is 0 Å².